The molecule has 0 radical (unpaired) electrons. The molecular formula is C18H16BrN3O2. The van der Waals surface area contributed by atoms with Gasteiger partial charge in [-0.15, -0.1) is 0 Å². The molecule has 0 spiro atoms. The van der Waals surface area contributed by atoms with Crippen LogP contribution >= 0.6 is 15.9 Å². The zero-order chi connectivity index (χ0) is 16.8. The number of rotatable bonds is 6. The monoisotopic (exact) mass is 385 g/mol. The lowest BCUT2D eigenvalue weighted by Crippen LogP contribution is -2.23. The number of carbonyl (C=O) groups is 1. The fourth-order valence-electron chi connectivity index (χ4n) is 2.22. The molecule has 0 aliphatic heterocycles. The van der Waals surface area contributed by atoms with Crippen molar-refractivity contribution in [2.75, 3.05) is 0 Å². The van der Waals surface area contributed by atoms with E-state index in [0.717, 1.165) is 10.9 Å². The molecule has 0 aliphatic carbocycles. The number of aryl methyl sites for hydroxylation is 2. The van der Waals surface area contributed by atoms with E-state index in [2.05, 4.69) is 43.5 Å². The van der Waals surface area contributed by atoms with Crippen molar-refractivity contribution in [2.24, 2.45) is 0 Å². The lowest BCUT2D eigenvalue weighted by molar-refractivity contribution is 0.0949. The van der Waals surface area contributed by atoms with Crippen LogP contribution in [0.1, 0.15) is 27.6 Å². The minimum Gasteiger partial charge on any atom is -0.345 e. The lowest BCUT2D eigenvalue weighted by atomic mass is 10.1. The number of aromatic nitrogens is 2. The van der Waals surface area contributed by atoms with Gasteiger partial charge in [0.05, 0.1) is 6.54 Å². The van der Waals surface area contributed by atoms with E-state index < -0.39 is 0 Å². The zero-order valence-electron chi connectivity index (χ0n) is 12.9. The maximum Gasteiger partial charge on any atom is 0.251 e. The molecule has 6 heteroatoms. The molecule has 1 aromatic heterocycles. The Morgan fingerprint density at radius 2 is 1.79 bits per heavy atom. The van der Waals surface area contributed by atoms with Crippen molar-refractivity contribution >= 4 is 21.8 Å². The second-order valence-corrected chi connectivity index (χ2v) is 6.20. The number of amides is 1. The third-order valence-corrected chi connectivity index (χ3v) is 4.02. The molecule has 0 unspecified atom stereocenters. The van der Waals surface area contributed by atoms with Crippen LogP contribution in [0.3, 0.4) is 0 Å². The SMILES string of the molecule is O=C(NCc1noc(CCc2ccccc2)n1)c1ccc(Br)cc1. The van der Waals surface area contributed by atoms with Gasteiger partial charge in [-0.3, -0.25) is 4.79 Å². The second kappa shape index (κ2) is 7.88. The highest BCUT2D eigenvalue weighted by Crippen LogP contribution is 2.10. The van der Waals surface area contributed by atoms with Crippen molar-refractivity contribution in [1.82, 2.24) is 15.5 Å². The Bertz CT molecular complexity index is 801. The Balaban J connectivity index is 1.50. The summed E-state index contributed by atoms with van der Waals surface area (Å²) in [6.07, 6.45) is 1.52. The smallest absolute Gasteiger partial charge is 0.251 e. The first-order valence-electron chi connectivity index (χ1n) is 7.60. The summed E-state index contributed by atoms with van der Waals surface area (Å²) in [5.41, 5.74) is 1.81. The molecule has 24 heavy (non-hydrogen) atoms. The fourth-order valence-corrected chi connectivity index (χ4v) is 2.49. The average molecular weight is 386 g/mol. The Kier molecular flexibility index (Phi) is 5.38. The summed E-state index contributed by atoms with van der Waals surface area (Å²) in [5.74, 6) is 0.883. The van der Waals surface area contributed by atoms with Crippen LogP contribution in [-0.4, -0.2) is 16.0 Å². The summed E-state index contributed by atoms with van der Waals surface area (Å²) < 4.78 is 6.15. The number of nitrogens with zero attached hydrogens (tertiary/aromatic N) is 2. The van der Waals surface area contributed by atoms with Crippen molar-refractivity contribution in [2.45, 2.75) is 19.4 Å². The standard InChI is InChI=1S/C18H16BrN3O2/c19-15-9-7-14(8-10-15)18(23)20-12-16-21-17(24-22-16)11-6-13-4-2-1-3-5-13/h1-5,7-10H,6,11-12H2,(H,20,23). The molecule has 0 bridgehead atoms. The highest BCUT2D eigenvalue weighted by molar-refractivity contribution is 9.10. The third kappa shape index (κ3) is 4.52. The molecule has 0 saturated heterocycles. The molecule has 2 aromatic carbocycles. The van der Waals surface area contributed by atoms with Crippen molar-refractivity contribution in [1.29, 1.82) is 0 Å². The fraction of sp³-hybridized carbons (Fsp3) is 0.167. The zero-order valence-corrected chi connectivity index (χ0v) is 14.5. The Hall–Kier alpha value is -2.47. The summed E-state index contributed by atoms with van der Waals surface area (Å²) >= 11 is 3.34. The van der Waals surface area contributed by atoms with Crippen LogP contribution in [-0.2, 0) is 19.4 Å². The highest BCUT2D eigenvalue weighted by Gasteiger charge is 2.09. The summed E-state index contributed by atoms with van der Waals surface area (Å²) in [4.78, 5) is 16.3. The van der Waals surface area contributed by atoms with Crippen LogP contribution in [0.2, 0.25) is 0 Å². The Morgan fingerprint density at radius 3 is 2.54 bits per heavy atom. The van der Waals surface area contributed by atoms with Gasteiger partial charge in [-0.1, -0.05) is 51.4 Å². The largest absolute Gasteiger partial charge is 0.345 e. The predicted octanol–water partition coefficient (Wildman–Crippen LogP) is 3.55. The first-order valence-corrected chi connectivity index (χ1v) is 8.39. The quantitative estimate of drug-likeness (QED) is 0.704. The van der Waals surface area contributed by atoms with E-state index in [-0.39, 0.29) is 12.5 Å². The average Bonchev–Trinajstić information content (AvgIpc) is 3.07. The van der Waals surface area contributed by atoms with E-state index in [1.165, 1.54) is 5.56 Å². The number of nitrogens with one attached hydrogen (secondary N) is 1. The van der Waals surface area contributed by atoms with E-state index in [9.17, 15) is 4.79 Å². The van der Waals surface area contributed by atoms with Gasteiger partial charge >= 0.3 is 0 Å². The molecule has 0 saturated carbocycles. The van der Waals surface area contributed by atoms with E-state index in [0.29, 0.717) is 23.7 Å². The summed E-state index contributed by atoms with van der Waals surface area (Å²) in [6.45, 7) is 0.240. The van der Waals surface area contributed by atoms with Gasteiger partial charge in [0.1, 0.15) is 0 Å². The first kappa shape index (κ1) is 16.4. The number of carbonyl (C=O) groups excluding carboxylic acids is 1. The van der Waals surface area contributed by atoms with Crippen LogP contribution in [0, 0.1) is 0 Å². The van der Waals surface area contributed by atoms with Gasteiger partial charge < -0.3 is 9.84 Å². The molecule has 0 aliphatic rings. The maximum atomic E-state index is 12.0. The van der Waals surface area contributed by atoms with E-state index in [4.69, 9.17) is 4.52 Å². The number of halogens is 1. The summed E-state index contributed by atoms with van der Waals surface area (Å²) in [7, 11) is 0. The molecule has 5 nitrogen and oxygen atoms in total. The number of hydrogen-bond donors (Lipinski definition) is 1. The number of hydrogen-bond acceptors (Lipinski definition) is 4. The molecule has 1 amide bonds. The van der Waals surface area contributed by atoms with Crippen molar-refractivity contribution < 1.29 is 9.32 Å². The van der Waals surface area contributed by atoms with Crippen molar-refractivity contribution in [3.63, 3.8) is 0 Å². The van der Waals surface area contributed by atoms with Gasteiger partial charge in [0, 0.05) is 16.5 Å². The summed E-state index contributed by atoms with van der Waals surface area (Å²) in [6, 6.07) is 17.3. The molecule has 122 valence electrons. The van der Waals surface area contributed by atoms with Crippen LogP contribution in [0.5, 0.6) is 0 Å². The number of benzene rings is 2. The van der Waals surface area contributed by atoms with Crippen LogP contribution in [0.4, 0.5) is 0 Å². The van der Waals surface area contributed by atoms with Gasteiger partial charge in [-0.25, -0.2) is 0 Å². The third-order valence-electron chi connectivity index (χ3n) is 3.49. The van der Waals surface area contributed by atoms with Crippen LogP contribution < -0.4 is 5.32 Å². The molecule has 3 aromatic rings. The minimum atomic E-state index is -0.168. The maximum absolute atomic E-state index is 12.0. The van der Waals surface area contributed by atoms with E-state index in [1.54, 1.807) is 12.1 Å². The highest BCUT2D eigenvalue weighted by atomic mass is 79.9. The predicted molar refractivity (Wildman–Crippen MR) is 93.5 cm³/mol. The van der Waals surface area contributed by atoms with Gasteiger partial charge in [-0.05, 0) is 36.2 Å². The van der Waals surface area contributed by atoms with Gasteiger partial charge in [0.15, 0.2) is 5.82 Å². The minimum absolute atomic E-state index is 0.168. The van der Waals surface area contributed by atoms with Crippen LogP contribution in [0.15, 0.2) is 63.6 Å². The van der Waals surface area contributed by atoms with Crippen molar-refractivity contribution in [3.05, 3.63) is 81.9 Å². The van der Waals surface area contributed by atoms with Gasteiger partial charge in [-0.2, -0.15) is 4.98 Å². The first-order chi connectivity index (χ1) is 11.7. The topological polar surface area (TPSA) is 68.0 Å². The van der Waals surface area contributed by atoms with Crippen LogP contribution in [0.25, 0.3) is 0 Å². The molecule has 3 rings (SSSR count). The lowest BCUT2D eigenvalue weighted by Gasteiger charge is -2.02. The van der Waals surface area contributed by atoms with E-state index in [1.807, 2.05) is 30.3 Å². The summed E-state index contributed by atoms with van der Waals surface area (Å²) in [5, 5.41) is 6.68. The van der Waals surface area contributed by atoms with Crippen molar-refractivity contribution in [3.8, 4) is 0 Å². The Morgan fingerprint density at radius 1 is 1.04 bits per heavy atom. The van der Waals surface area contributed by atoms with Gasteiger partial charge in [0.2, 0.25) is 5.89 Å². The Labute approximate surface area is 148 Å². The molecular weight excluding hydrogens is 370 g/mol. The van der Waals surface area contributed by atoms with E-state index >= 15 is 0 Å². The molecule has 0 fully saturated rings. The second-order valence-electron chi connectivity index (χ2n) is 5.28. The molecule has 0 atom stereocenters. The normalized spacial score (nSPS) is 10.5. The molecule has 1 N–H and O–H groups in total. The molecule has 1 heterocycles. The van der Waals surface area contributed by atoms with Gasteiger partial charge in [0.25, 0.3) is 5.91 Å².